The van der Waals surface area contributed by atoms with Crippen molar-refractivity contribution in [3.05, 3.63) is 65.2 Å². The van der Waals surface area contributed by atoms with E-state index in [1.807, 2.05) is 30.3 Å². The molecule has 20 heavy (non-hydrogen) atoms. The van der Waals surface area contributed by atoms with E-state index in [0.717, 1.165) is 17.7 Å². The summed E-state index contributed by atoms with van der Waals surface area (Å²) in [5.74, 6) is 0. The molecule has 3 nitrogen and oxygen atoms in total. The van der Waals surface area contributed by atoms with E-state index in [1.165, 1.54) is 11.1 Å². The zero-order valence-electron chi connectivity index (χ0n) is 11.2. The summed E-state index contributed by atoms with van der Waals surface area (Å²) in [6.07, 6.45) is 1.37. The summed E-state index contributed by atoms with van der Waals surface area (Å²) < 4.78 is 0. The molecule has 1 aliphatic rings. The largest absolute Gasteiger partial charge is 0.378 e. The van der Waals surface area contributed by atoms with E-state index in [-0.39, 0.29) is 12.1 Å². The molecule has 2 atom stereocenters. The fourth-order valence-electron chi connectivity index (χ4n) is 2.82. The standard InChI is InChI=1S/C17H17N3/c18-10-9-12-5-7-13(8-6-12)20-17-11-16(19)14-3-1-2-4-15(14)17/h1-8,16-17,20H,9,11,19H2. The predicted molar refractivity (Wildman–Crippen MR) is 80.1 cm³/mol. The molecule has 0 saturated carbocycles. The second kappa shape index (κ2) is 5.36. The lowest BCUT2D eigenvalue weighted by Gasteiger charge is -2.15. The van der Waals surface area contributed by atoms with Gasteiger partial charge >= 0.3 is 0 Å². The van der Waals surface area contributed by atoms with Crippen molar-refractivity contribution in [1.29, 1.82) is 5.26 Å². The smallest absolute Gasteiger partial charge is 0.0669 e. The van der Waals surface area contributed by atoms with Crippen molar-refractivity contribution >= 4 is 5.69 Å². The van der Waals surface area contributed by atoms with Crippen molar-refractivity contribution in [2.75, 3.05) is 5.32 Å². The average molecular weight is 263 g/mol. The average Bonchev–Trinajstić information content (AvgIpc) is 2.79. The molecule has 0 radical (unpaired) electrons. The molecule has 0 saturated heterocycles. The molecule has 0 spiro atoms. The van der Waals surface area contributed by atoms with Gasteiger partial charge in [0.05, 0.1) is 18.5 Å². The van der Waals surface area contributed by atoms with Gasteiger partial charge in [-0.1, -0.05) is 36.4 Å². The minimum absolute atomic E-state index is 0.113. The number of hydrogen-bond donors (Lipinski definition) is 2. The molecule has 2 aromatic rings. The molecule has 1 aliphatic carbocycles. The van der Waals surface area contributed by atoms with Crippen LogP contribution in [0.1, 0.15) is 35.2 Å². The van der Waals surface area contributed by atoms with E-state index in [9.17, 15) is 0 Å². The first-order valence-corrected chi connectivity index (χ1v) is 6.85. The third kappa shape index (κ3) is 2.38. The Bertz CT molecular complexity index is 640. The Balaban J connectivity index is 1.78. The van der Waals surface area contributed by atoms with Gasteiger partial charge in [-0.3, -0.25) is 0 Å². The third-order valence-electron chi connectivity index (χ3n) is 3.84. The van der Waals surface area contributed by atoms with E-state index in [1.54, 1.807) is 0 Å². The van der Waals surface area contributed by atoms with E-state index < -0.39 is 0 Å². The summed E-state index contributed by atoms with van der Waals surface area (Å²) >= 11 is 0. The monoisotopic (exact) mass is 263 g/mol. The van der Waals surface area contributed by atoms with Crippen LogP contribution in [0.3, 0.4) is 0 Å². The van der Waals surface area contributed by atoms with Crippen LogP contribution >= 0.6 is 0 Å². The molecule has 2 unspecified atom stereocenters. The number of benzene rings is 2. The number of nitrogens with zero attached hydrogens (tertiary/aromatic N) is 1. The molecule has 3 rings (SSSR count). The number of fused-ring (bicyclic) bond motifs is 1. The van der Waals surface area contributed by atoms with Crippen molar-refractivity contribution in [2.24, 2.45) is 5.73 Å². The van der Waals surface area contributed by atoms with Crippen LogP contribution in [0.4, 0.5) is 5.69 Å². The van der Waals surface area contributed by atoms with Crippen LogP contribution in [0.2, 0.25) is 0 Å². The van der Waals surface area contributed by atoms with Crippen LogP contribution in [0.15, 0.2) is 48.5 Å². The Morgan fingerprint density at radius 3 is 2.50 bits per heavy atom. The van der Waals surface area contributed by atoms with Crippen LogP contribution in [0, 0.1) is 11.3 Å². The third-order valence-corrected chi connectivity index (χ3v) is 3.84. The summed E-state index contributed by atoms with van der Waals surface area (Å²) in [4.78, 5) is 0. The van der Waals surface area contributed by atoms with Gasteiger partial charge < -0.3 is 11.1 Å². The van der Waals surface area contributed by atoms with E-state index in [0.29, 0.717) is 6.42 Å². The molecule has 3 heteroatoms. The van der Waals surface area contributed by atoms with Crippen LogP contribution in [-0.2, 0) is 6.42 Å². The summed E-state index contributed by atoms with van der Waals surface area (Å²) in [5, 5.41) is 12.2. The lowest BCUT2D eigenvalue weighted by molar-refractivity contribution is 0.648. The molecule has 2 aromatic carbocycles. The maximum absolute atomic E-state index is 8.68. The summed E-state index contributed by atoms with van der Waals surface area (Å²) in [6, 6.07) is 18.9. The van der Waals surface area contributed by atoms with Gasteiger partial charge in [-0.25, -0.2) is 0 Å². The second-order valence-electron chi connectivity index (χ2n) is 5.20. The highest BCUT2D eigenvalue weighted by Gasteiger charge is 2.27. The van der Waals surface area contributed by atoms with Gasteiger partial charge in [-0.05, 0) is 35.2 Å². The van der Waals surface area contributed by atoms with Gasteiger partial charge in [0.25, 0.3) is 0 Å². The number of rotatable bonds is 3. The fraction of sp³-hybridized carbons (Fsp3) is 0.235. The summed E-state index contributed by atoms with van der Waals surface area (Å²) in [6.45, 7) is 0. The molecule has 0 aromatic heterocycles. The van der Waals surface area contributed by atoms with Crippen molar-refractivity contribution in [3.63, 3.8) is 0 Å². The first-order chi connectivity index (χ1) is 9.78. The highest BCUT2D eigenvalue weighted by molar-refractivity contribution is 5.50. The van der Waals surface area contributed by atoms with Gasteiger partial charge in [-0.15, -0.1) is 0 Å². The molecular weight excluding hydrogens is 246 g/mol. The molecule has 100 valence electrons. The number of nitriles is 1. The van der Waals surface area contributed by atoms with E-state index in [2.05, 4.69) is 29.6 Å². The topological polar surface area (TPSA) is 61.8 Å². The van der Waals surface area contributed by atoms with Crippen molar-refractivity contribution in [3.8, 4) is 6.07 Å². The van der Waals surface area contributed by atoms with Crippen LogP contribution in [-0.4, -0.2) is 0 Å². The van der Waals surface area contributed by atoms with E-state index >= 15 is 0 Å². The Labute approximate surface area is 119 Å². The Morgan fingerprint density at radius 2 is 1.80 bits per heavy atom. The fourth-order valence-corrected chi connectivity index (χ4v) is 2.82. The highest BCUT2D eigenvalue weighted by atomic mass is 14.9. The minimum Gasteiger partial charge on any atom is -0.378 e. The van der Waals surface area contributed by atoms with Crippen molar-refractivity contribution in [2.45, 2.75) is 24.9 Å². The quantitative estimate of drug-likeness (QED) is 0.893. The first-order valence-electron chi connectivity index (χ1n) is 6.85. The Hall–Kier alpha value is -2.31. The van der Waals surface area contributed by atoms with E-state index in [4.69, 9.17) is 11.0 Å². The minimum atomic E-state index is 0.113. The molecular formula is C17H17N3. The van der Waals surface area contributed by atoms with Crippen LogP contribution in [0.5, 0.6) is 0 Å². The lowest BCUT2D eigenvalue weighted by Crippen LogP contribution is -2.09. The summed E-state index contributed by atoms with van der Waals surface area (Å²) in [5.41, 5.74) is 10.8. The number of nitrogens with two attached hydrogens (primary N) is 1. The maximum Gasteiger partial charge on any atom is 0.0669 e. The van der Waals surface area contributed by atoms with Gasteiger partial charge in [0.2, 0.25) is 0 Å². The van der Waals surface area contributed by atoms with Crippen molar-refractivity contribution < 1.29 is 0 Å². The Morgan fingerprint density at radius 1 is 1.10 bits per heavy atom. The number of anilines is 1. The normalized spacial score (nSPS) is 20.2. The second-order valence-corrected chi connectivity index (χ2v) is 5.20. The summed E-state index contributed by atoms with van der Waals surface area (Å²) in [7, 11) is 0. The predicted octanol–water partition coefficient (Wildman–Crippen LogP) is 3.31. The number of hydrogen-bond acceptors (Lipinski definition) is 3. The van der Waals surface area contributed by atoms with Gasteiger partial charge in [0.15, 0.2) is 0 Å². The molecule has 0 bridgehead atoms. The van der Waals surface area contributed by atoms with Gasteiger partial charge in [-0.2, -0.15) is 5.26 Å². The SMILES string of the molecule is N#CCc1ccc(NC2CC(N)c3ccccc32)cc1. The maximum atomic E-state index is 8.68. The van der Waals surface area contributed by atoms with Gasteiger partial charge in [0.1, 0.15) is 0 Å². The number of nitrogens with one attached hydrogen (secondary N) is 1. The highest BCUT2D eigenvalue weighted by Crippen LogP contribution is 2.38. The molecule has 0 amide bonds. The Kier molecular flexibility index (Phi) is 3.41. The van der Waals surface area contributed by atoms with Gasteiger partial charge in [0, 0.05) is 11.7 Å². The molecule has 0 heterocycles. The zero-order chi connectivity index (χ0) is 13.9. The lowest BCUT2D eigenvalue weighted by atomic mass is 10.1. The molecule has 3 N–H and O–H groups in total. The van der Waals surface area contributed by atoms with Crippen molar-refractivity contribution in [1.82, 2.24) is 0 Å². The molecule has 0 aliphatic heterocycles. The van der Waals surface area contributed by atoms with Crippen LogP contribution in [0.25, 0.3) is 0 Å². The molecule has 0 fully saturated rings. The van der Waals surface area contributed by atoms with Crippen LogP contribution < -0.4 is 11.1 Å². The first kappa shape index (κ1) is 12.7. The zero-order valence-corrected chi connectivity index (χ0v) is 11.2.